The van der Waals surface area contributed by atoms with Gasteiger partial charge in [0.2, 0.25) is 10.0 Å². The van der Waals surface area contributed by atoms with Crippen LogP contribution in [-0.2, 0) is 10.0 Å². The number of hydrogen-bond acceptors (Lipinski definition) is 6. The number of likely N-dealkylation sites (tertiary alicyclic amines) is 1. The van der Waals surface area contributed by atoms with E-state index >= 15 is 0 Å². The molecule has 2 atom stereocenters. The zero-order chi connectivity index (χ0) is 29.7. The van der Waals surface area contributed by atoms with Crippen molar-refractivity contribution in [3.8, 4) is 11.5 Å². The molecule has 7 rings (SSSR count). The van der Waals surface area contributed by atoms with E-state index in [1.165, 1.54) is 17.7 Å². The summed E-state index contributed by atoms with van der Waals surface area (Å²) in [6.45, 7) is 2.47. The molecule has 0 N–H and O–H groups in total. The van der Waals surface area contributed by atoms with Crippen LogP contribution in [-0.4, -0.2) is 75.0 Å². The number of carbonyl (C=O) groups is 1. The highest BCUT2D eigenvalue weighted by molar-refractivity contribution is 7.89. The van der Waals surface area contributed by atoms with E-state index in [0.29, 0.717) is 62.5 Å². The number of halogens is 2. The number of rotatable bonds is 5. The van der Waals surface area contributed by atoms with Crippen LogP contribution in [0.15, 0.2) is 65.6 Å². The molecule has 0 radical (unpaired) electrons. The predicted molar refractivity (Wildman–Crippen MR) is 161 cm³/mol. The first-order valence-corrected chi connectivity index (χ1v) is 16.6. The van der Waals surface area contributed by atoms with E-state index in [9.17, 15) is 17.6 Å². The van der Waals surface area contributed by atoms with Gasteiger partial charge in [-0.3, -0.25) is 4.79 Å². The SMILES string of the molecule is O=C(c1ccc(F)cc1Cl)N1CC2CCC(C1)N2c1cc(S(=O)(=O)N2CCC(c3ccccc3)CC2)cc2c1OCCO2. The van der Waals surface area contributed by atoms with E-state index in [1.807, 2.05) is 18.2 Å². The lowest BCUT2D eigenvalue weighted by molar-refractivity contribution is 0.0717. The summed E-state index contributed by atoms with van der Waals surface area (Å²) in [6, 6.07) is 17.3. The van der Waals surface area contributed by atoms with E-state index in [0.717, 1.165) is 31.7 Å². The summed E-state index contributed by atoms with van der Waals surface area (Å²) >= 11 is 6.21. The number of piperidine rings is 1. The van der Waals surface area contributed by atoms with Crippen LogP contribution in [0.4, 0.5) is 10.1 Å². The van der Waals surface area contributed by atoms with Gasteiger partial charge in [-0.25, -0.2) is 12.8 Å². The number of hydrogen-bond donors (Lipinski definition) is 0. The second-order valence-electron chi connectivity index (χ2n) is 11.7. The Bertz CT molecular complexity index is 1630. The molecule has 0 saturated carbocycles. The highest BCUT2D eigenvalue weighted by Crippen LogP contribution is 2.47. The molecule has 4 aliphatic rings. The van der Waals surface area contributed by atoms with Crippen LogP contribution in [0, 0.1) is 5.82 Å². The standard InChI is InChI=1S/C32H33ClFN3O5S/c33-28-16-23(34)6-9-27(28)32(38)35-19-24-7-8-25(20-35)37(24)29-17-26(18-30-31(29)42-15-14-41-30)43(39,40)36-12-10-22(11-13-36)21-4-2-1-3-5-21/h1-6,9,16-18,22,24-25H,7-8,10-15,19-20H2. The second kappa shape index (κ2) is 11.3. The molecule has 2 bridgehead atoms. The fourth-order valence-electron chi connectivity index (χ4n) is 7.05. The van der Waals surface area contributed by atoms with Gasteiger partial charge in [-0.15, -0.1) is 0 Å². The largest absolute Gasteiger partial charge is 0.486 e. The lowest BCUT2D eigenvalue weighted by Crippen LogP contribution is -2.55. The van der Waals surface area contributed by atoms with Crippen LogP contribution in [0.3, 0.4) is 0 Å². The van der Waals surface area contributed by atoms with Gasteiger partial charge >= 0.3 is 0 Å². The average molecular weight is 626 g/mol. The van der Waals surface area contributed by atoms with Crippen molar-refractivity contribution in [3.05, 3.63) is 82.6 Å². The maximum Gasteiger partial charge on any atom is 0.255 e. The number of carbonyl (C=O) groups excluding carboxylic acids is 1. The van der Waals surface area contributed by atoms with Gasteiger partial charge in [0.15, 0.2) is 11.5 Å². The van der Waals surface area contributed by atoms with Gasteiger partial charge in [-0.05, 0) is 61.4 Å². The minimum atomic E-state index is -3.78. The maximum absolute atomic E-state index is 14.0. The van der Waals surface area contributed by atoms with Crippen molar-refractivity contribution in [1.29, 1.82) is 0 Å². The van der Waals surface area contributed by atoms with Crippen molar-refractivity contribution in [2.45, 2.75) is 48.6 Å². The van der Waals surface area contributed by atoms with Gasteiger partial charge in [0.05, 0.1) is 21.2 Å². The van der Waals surface area contributed by atoms with E-state index < -0.39 is 15.8 Å². The molecular formula is C32H33ClFN3O5S. The lowest BCUT2D eigenvalue weighted by Gasteiger charge is -2.43. The van der Waals surface area contributed by atoms with Gasteiger partial charge in [-0.2, -0.15) is 4.31 Å². The maximum atomic E-state index is 14.0. The fraction of sp³-hybridized carbons (Fsp3) is 0.406. The van der Waals surface area contributed by atoms with Gasteiger partial charge < -0.3 is 19.3 Å². The molecule has 11 heteroatoms. The Morgan fingerprint density at radius 1 is 0.884 bits per heavy atom. The molecule has 3 aromatic rings. The summed E-state index contributed by atoms with van der Waals surface area (Å²) in [7, 11) is -3.78. The molecule has 4 heterocycles. The Morgan fingerprint density at radius 3 is 2.28 bits per heavy atom. The van der Waals surface area contributed by atoms with Gasteiger partial charge in [0, 0.05) is 44.3 Å². The summed E-state index contributed by atoms with van der Waals surface area (Å²) < 4.78 is 55.2. The minimum Gasteiger partial charge on any atom is -0.486 e. The number of fused-ring (bicyclic) bond motifs is 3. The monoisotopic (exact) mass is 625 g/mol. The Hall–Kier alpha value is -3.34. The van der Waals surface area contributed by atoms with Gasteiger partial charge in [0.1, 0.15) is 19.0 Å². The van der Waals surface area contributed by atoms with Crippen LogP contribution in [0.2, 0.25) is 5.02 Å². The molecule has 0 aromatic heterocycles. The third-order valence-electron chi connectivity index (χ3n) is 9.17. The highest BCUT2D eigenvalue weighted by Gasteiger charge is 2.44. The Kier molecular flexibility index (Phi) is 7.47. The van der Waals surface area contributed by atoms with Crippen LogP contribution >= 0.6 is 11.6 Å². The number of ether oxygens (including phenoxy) is 2. The van der Waals surface area contributed by atoms with Crippen molar-refractivity contribution in [1.82, 2.24) is 9.21 Å². The normalized spacial score (nSPS) is 22.6. The number of piperazine rings is 1. The molecule has 3 saturated heterocycles. The van der Waals surface area contributed by atoms with E-state index in [2.05, 4.69) is 17.0 Å². The Morgan fingerprint density at radius 2 is 1.58 bits per heavy atom. The first kappa shape index (κ1) is 28.4. The number of anilines is 1. The van der Waals surface area contributed by atoms with Crippen molar-refractivity contribution in [3.63, 3.8) is 0 Å². The predicted octanol–water partition coefficient (Wildman–Crippen LogP) is 5.31. The molecule has 3 fully saturated rings. The molecule has 2 unspecified atom stereocenters. The van der Waals surface area contributed by atoms with E-state index in [-0.39, 0.29) is 33.5 Å². The second-order valence-corrected chi connectivity index (χ2v) is 14.0. The highest BCUT2D eigenvalue weighted by atomic mass is 35.5. The number of benzene rings is 3. The molecule has 3 aromatic carbocycles. The smallest absolute Gasteiger partial charge is 0.255 e. The first-order valence-electron chi connectivity index (χ1n) is 14.8. The summed E-state index contributed by atoms with van der Waals surface area (Å²) in [4.78, 5) is 17.5. The molecule has 0 aliphatic carbocycles. The van der Waals surface area contributed by atoms with Crippen LogP contribution < -0.4 is 14.4 Å². The summed E-state index contributed by atoms with van der Waals surface area (Å²) in [6.07, 6.45) is 3.20. The summed E-state index contributed by atoms with van der Waals surface area (Å²) in [5.74, 6) is 0.582. The van der Waals surface area contributed by atoms with Gasteiger partial charge in [-0.1, -0.05) is 41.9 Å². The summed E-state index contributed by atoms with van der Waals surface area (Å²) in [5, 5.41) is 0.0881. The average Bonchev–Trinajstić information content (AvgIpc) is 3.28. The van der Waals surface area contributed by atoms with Crippen molar-refractivity contribution >= 4 is 33.2 Å². The first-order chi connectivity index (χ1) is 20.8. The molecule has 1 amide bonds. The van der Waals surface area contributed by atoms with Crippen LogP contribution in [0.25, 0.3) is 0 Å². The number of amides is 1. The zero-order valence-corrected chi connectivity index (χ0v) is 25.2. The molecular weight excluding hydrogens is 593 g/mol. The van der Waals surface area contributed by atoms with E-state index in [4.69, 9.17) is 21.1 Å². The van der Waals surface area contributed by atoms with Crippen molar-refractivity contribution in [2.75, 3.05) is 44.3 Å². The lowest BCUT2D eigenvalue weighted by atomic mass is 9.90. The molecule has 4 aliphatic heterocycles. The van der Waals surface area contributed by atoms with Crippen LogP contribution in [0.5, 0.6) is 11.5 Å². The fourth-order valence-corrected chi connectivity index (χ4v) is 8.80. The third kappa shape index (κ3) is 5.23. The molecule has 8 nitrogen and oxygen atoms in total. The number of nitrogens with zero attached hydrogens (tertiary/aromatic N) is 3. The summed E-state index contributed by atoms with van der Waals surface area (Å²) in [5.41, 5.74) is 2.21. The molecule has 43 heavy (non-hydrogen) atoms. The Labute approximate surface area is 256 Å². The zero-order valence-electron chi connectivity index (χ0n) is 23.6. The van der Waals surface area contributed by atoms with Gasteiger partial charge in [0.25, 0.3) is 5.91 Å². The Balaban J connectivity index is 1.15. The quantitative estimate of drug-likeness (QED) is 0.382. The molecule has 226 valence electrons. The molecule has 0 spiro atoms. The topological polar surface area (TPSA) is 79.4 Å². The van der Waals surface area contributed by atoms with Crippen LogP contribution in [0.1, 0.15) is 47.5 Å². The third-order valence-corrected chi connectivity index (χ3v) is 11.4. The van der Waals surface area contributed by atoms with E-state index in [1.54, 1.807) is 21.3 Å². The number of sulfonamides is 1. The minimum absolute atomic E-state index is 0.0453. The van der Waals surface area contributed by atoms with Crippen molar-refractivity contribution < 1.29 is 27.1 Å². The van der Waals surface area contributed by atoms with Crippen molar-refractivity contribution in [2.24, 2.45) is 0 Å².